The first-order valence-electron chi connectivity index (χ1n) is 4.57. The molecular formula is C10H9BrF3NOS. The largest absolute Gasteiger partial charge is 0.417 e. The van der Waals surface area contributed by atoms with Crippen molar-refractivity contribution in [1.29, 1.82) is 0 Å². The van der Waals surface area contributed by atoms with E-state index in [1.54, 1.807) is 0 Å². The lowest BCUT2D eigenvalue weighted by molar-refractivity contribution is -0.138. The van der Waals surface area contributed by atoms with Gasteiger partial charge in [-0.25, -0.2) is 0 Å². The van der Waals surface area contributed by atoms with Gasteiger partial charge in [-0.05, 0) is 25.1 Å². The molecule has 2 nitrogen and oxygen atoms in total. The number of amides is 1. The highest BCUT2D eigenvalue weighted by Crippen LogP contribution is 2.36. The molecule has 1 aromatic carbocycles. The Morgan fingerprint density at radius 1 is 1.47 bits per heavy atom. The Labute approximate surface area is 110 Å². The van der Waals surface area contributed by atoms with Crippen LogP contribution in [0, 0.1) is 0 Å². The number of halogens is 4. The number of nitrogens with one attached hydrogen (secondary N) is 1. The van der Waals surface area contributed by atoms with Gasteiger partial charge in [0.15, 0.2) is 0 Å². The quantitative estimate of drug-likeness (QED) is 0.796. The maximum Gasteiger partial charge on any atom is 0.417 e. The van der Waals surface area contributed by atoms with Gasteiger partial charge in [-0.2, -0.15) is 25.8 Å². The zero-order valence-corrected chi connectivity index (χ0v) is 11.2. The molecule has 1 amide bonds. The van der Waals surface area contributed by atoms with E-state index in [1.165, 1.54) is 19.1 Å². The first-order chi connectivity index (χ1) is 7.71. The van der Waals surface area contributed by atoms with E-state index in [0.29, 0.717) is 0 Å². The highest BCUT2D eigenvalue weighted by molar-refractivity contribution is 9.10. The van der Waals surface area contributed by atoms with Gasteiger partial charge < -0.3 is 5.32 Å². The minimum atomic E-state index is -4.47. The van der Waals surface area contributed by atoms with Crippen LogP contribution in [0.4, 0.5) is 18.9 Å². The number of hydrogen-bond acceptors (Lipinski definition) is 2. The van der Waals surface area contributed by atoms with E-state index in [1.807, 2.05) is 0 Å². The molecule has 1 rings (SSSR count). The third kappa shape index (κ3) is 3.92. The van der Waals surface area contributed by atoms with Gasteiger partial charge in [0.1, 0.15) is 0 Å². The summed E-state index contributed by atoms with van der Waals surface area (Å²) in [5, 5.41) is 1.76. The predicted octanol–water partition coefficient (Wildman–Crippen LogP) is 3.72. The number of anilines is 1. The lowest BCUT2D eigenvalue weighted by Crippen LogP contribution is -2.20. The minimum Gasteiger partial charge on any atom is -0.325 e. The first kappa shape index (κ1) is 14.4. The summed E-state index contributed by atoms with van der Waals surface area (Å²) >= 11 is 6.70. The molecule has 0 saturated carbocycles. The van der Waals surface area contributed by atoms with Gasteiger partial charge in [0.25, 0.3) is 0 Å². The van der Waals surface area contributed by atoms with Crippen molar-refractivity contribution in [3.63, 3.8) is 0 Å². The normalized spacial score (nSPS) is 13.3. The van der Waals surface area contributed by atoms with Crippen molar-refractivity contribution >= 4 is 40.2 Å². The molecule has 0 heterocycles. The smallest absolute Gasteiger partial charge is 0.325 e. The lowest BCUT2D eigenvalue weighted by Gasteiger charge is -2.12. The monoisotopic (exact) mass is 327 g/mol. The van der Waals surface area contributed by atoms with Gasteiger partial charge in [0.05, 0.1) is 10.8 Å². The van der Waals surface area contributed by atoms with E-state index >= 15 is 0 Å². The fourth-order valence-electron chi connectivity index (χ4n) is 1.07. The minimum absolute atomic E-state index is 0.0677. The summed E-state index contributed by atoms with van der Waals surface area (Å²) < 4.78 is 37.6. The van der Waals surface area contributed by atoms with Crippen LogP contribution in [0.5, 0.6) is 0 Å². The van der Waals surface area contributed by atoms with Gasteiger partial charge in [-0.3, -0.25) is 4.79 Å². The zero-order chi connectivity index (χ0) is 13.2. The molecule has 17 heavy (non-hydrogen) atoms. The first-order valence-corrected chi connectivity index (χ1v) is 5.88. The van der Waals surface area contributed by atoms with Crippen LogP contribution in [0.1, 0.15) is 12.5 Å². The molecule has 0 fully saturated rings. The average molecular weight is 328 g/mol. The van der Waals surface area contributed by atoms with Gasteiger partial charge in [-0.15, -0.1) is 0 Å². The van der Waals surface area contributed by atoms with Crippen LogP contribution in [-0.4, -0.2) is 11.2 Å². The number of carbonyl (C=O) groups is 1. The second-order valence-electron chi connectivity index (χ2n) is 3.36. The Balaban J connectivity index is 3.01. The van der Waals surface area contributed by atoms with Crippen molar-refractivity contribution in [1.82, 2.24) is 0 Å². The molecule has 1 N–H and O–H groups in total. The van der Waals surface area contributed by atoms with Crippen LogP contribution in [0.2, 0.25) is 0 Å². The maximum atomic E-state index is 12.6. The molecular weight excluding hydrogens is 319 g/mol. The molecule has 0 radical (unpaired) electrons. The Morgan fingerprint density at radius 3 is 2.53 bits per heavy atom. The second-order valence-corrected chi connectivity index (χ2v) is 4.99. The standard InChI is InChI=1S/C10H9BrF3NOS/c1-5(17)9(16)15-6-2-3-8(11)7(4-6)10(12,13)14/h2-5,17H,1H3,(H,15,16). The third-order valence-corrected chi connectivity index (χ3v) is 2.84. The Hall–Kier alpha value is -0.690. The van der Waals surface area contributed by atoms with E-state index < -0.39 is 22.9 Å². The number of thiol groups is 1. The molecule has 0 aliphatic rings. The van der Waals surface area contributed by atoms with Crippen LogP contribution in [0.25, 0.3) is 0 Å². The Kier molecular flexibility index (Phi) is 4.48. The van der Waals surface area contributed by atoms with Crippen molar-refractivity contribution in [2.45, 2.75) is 18.3 Å². The fourth-order valence-corrected chi connectivity index (χ4v) is 1.60. The molecule has 94 valence electrons. The van der Waals surface area contributed by atoms with Gasteiger partial charge in [-0.1, -0.05) is 15.9 Å². The average Bonchev–Trinajstić information content (AvgIpc) is 2.19. The van der Waals surface area contributed by atoms with Crippen molar-refractivity contribution < 1.29 is 18.0 Å². The molecule has 7 heteroatoms. The summed E-state index contributed by atoms with van der Waals surface area (Å²) in [6, 6.07) is 3.49. The summed E-state index contributed by atoms with van der Waals surface area (Å²) in [5.41, 5.74) is -0.742. The lowest BCUT2D eigenvalue weighted by atomic mass is 10.2. The van der Waals surface area contributed by atoms with Gasteiger partial charge in [0, 0.05) is 10.2 Å². The molecule has 0 saturated heterocycles. The summed E-state index contributed by atoms with van der Waals surface area (Å²) in [5.74, 6) is -0.455. The van der Waals surface area contributed by atoms with Crippen molar-refractivity contribution in [3.05, 3.63) is 28.2 Å². The maximum absolute atomic E-state index is 12.6. The van der Waals surface area contributed by atoms with Gasteiger partial charge >= 0.3 is 6.18 Å². The van der Waals surface area contributed by atoms with Crippen LogP contribution >= 0.6 is 28.6 Å². The predicted molar refractivity (Wildman–Crippen MR) is 66.2 cm³/mol. The van der Waals surface area contributed by atoms with E-state index in [2.05, 4.69) is 33.9 Å². The van der Waals surface area contributed by atoms with E-state index in [4.69, 9.17) is 0 Å². The van der Waals surface area contributed by atoms with E-state index in [-0.39, 0.29) is 10.2 Å². The number of alkyl halides is 3. The van der Waals surface area contributed by atoms with Crippen molar-refractivity contribution in [3.8, 4) is 0 Å². The third-order valence-electron chi connectivity index (χ3n) is 1.92. The molecule has 1 atom stereocenters. The van der Waals surface area contributed by atoms with Gasteiger partial charge in [0.2, 0.25) is 5.91 Å². The van der Waals surface area contributed by atoms with Crippen LogP contribution < -0.4 is 5.32 Å². The summed E-state index contributed by atoms with van der Waals surface area (Å²) in [6.45, 7) is 1.53. The summed E-state index contributed by atoms with van der Waals surface area (Å²) in [6.07, 6.45) is -4.47. The Bertz CT molecular complexity index is 434. The molecule has 0 bridgehead atoms. The van der Waals surface area contributed by atoms with Crippen LogP contribution in [0.3, 0.4) is 0 Å². The van der Waals surface area contributed by atoms with Crippen LogP contribution in [-0.2, 0) is 11.0 Å². The molecule has 0 aromatic heterocycles. The number of rotatable bonds is 2. The number of hydrogen-bond donors (Lipinski definition) is 2. The van der Waals surface area contributed by atoms with E-state index in [0.717, 1.165) is 6.07 Å². The highest BCUT2D eigenvalue weighted by Gasteiger charge is 2.33. The van der Waals surface area contributed by atoms with Crippen LogP contribution in [0.15, 0.2) is 22.7 Å². The summed E-state index contributed by atoms with van der Waals surface area (Å²) in [4.78, 5) is 11.3. The molecule has 0 spiro atoms. The Morgan fingerprint density at radius 2 is 2.06 bits per heavy atom. The highest BCUT2D eigenvalue weighted by atomic mass is 79.9. The summed E-state index contributed by atoms with van der Waals surface area (Å²) in [7, 11) is 0. The fraction of sp³-hybridized carbons (Fsp3) is 0.300. The topological polar surface area (TPSA) is 29.1 Å². The SMILES string of the molecule is CC(S)C(=O)Nc1ccc(Br)c(C(F)(F)F)c1. The second kappa shape index (κ2) is 5.30. The van der Waals surface area contributed by atoms with Crippen molar-refractivity contribution in [2.24, 2.45) is 0 Å². The zero-order valence-electron chi connectivity index (χ0n) is 8.68. The van der Waals surface area contributed by atoms with E-state index in [9.17, 15) is 18.0 Å². The molecule has 1 unspecified atom stereocenters. The number of carbonyl (C=O) groups excluding carboxylic acids is 1. The van der Waals surface area contributed by atoms with Crippen molar-refractivity contribution in [2.75, 3.05) is 5.32 Å². The molecule has 0 aliphatic carbocycles. The number of benzene rings is 1. The molecule has 0 aliphatic heterocycles. The molecule has 1 aromatic rings.